The van der Waals surface area contributed by atoms with Gasteiger partial charge in [-0.2, -0.15) is 0 Å². The Labute approximate surface area is 94.2 Å². The van der Waals surface area contributed by atoms with Crippen molar-refractivity contribution in [3.8, 4) is 5.75 Å². The van der Waals surface area contributed by atoms with Gasteiger partial charge in [-0.15, -0.1) is 13.2 Å². The molecule has 0 amide bonds. The van der Waals surface area contributed by atoms with Crippen molar-refractivity contribution < 1.29 is 27.1 Å². The molecule has 0 radical (unpaired) electrons. The van der Waals surface area contributed by atoms with E-state index >= 15 is 0 Å². The Morgan fingerprint density at radius 2 is 2.00 bits per heavy atom. The number of alkyl halides is 3. The molecule has 0 saturated heterocycles. The summed E-state index contributed by atoms with van der Waals surface area (Å²) in [5, 5.41) is 0. The SMILES string of the molecule is CC1Cc2c(F)cc(OC(F)(F)F)cc2C1=O. The van der Waals surface area contributed by atoms with Crippen molar-refractivity contribution in [1.82, 2.24) is 0 Å². The number of rotatable bonds is 1. The standard InChI is InChI=1S/C11H8F4O2/c1-5-2-7-8(10(5)16)3-6(4-9(7)12)17-11(13,14)15/h3-5H,2H2,1H3. The third kappa shape index (κ3) is 2.25. The van der Waals surface area contributed by atoms with Crippen LogP contribution in [0.3, 0.4) is 0 Å². The number of Topliss-reactive ketones (excluding diaryl/α,β-unsaturated/α-hetero) is 1. The number of halogens is 4. The van der Waals surface area contributed by atoms with Gasteiger partial charge in [0.2, 0.25) is 0 Å². The first kappa shape index (κ1) is 11.9. The number of carbonyl (C=O) groups is 1. The largest absolute Gasteiger partial charge is 0.573 e. The minimum Gasteiger partial charge on any atom is -0.406 e. The minimum absolute atomic E-state index is 0.0169. The fraction of sp³-hybridized carbons (Fsp3) is 0.364. The number of ether oxygens (including phenoxy) is 1. The summed E-state index contributed by atoms with van der Waals surface area (Å²) in [7, 11) is 0. The van der Waals surface area contributed by atoms with E-state index in [9.17, 15) is 22.4 Å². The van der Waals surface area contributed by atoms with Gasteiger partial charge in [-0.1, -0.05) is 6.92 Å². The third-order valence-electron chi connectivity index (χ3n) is 2.63. The molecule has 0 aromatic heterocycles. The molecule has 1 aromatic rings. The molecule has 1 atom stereocenters. The van der Waals surface area contributed by atoms with Gasteiger partial charge in [0.1, 0.15) is 11.6 Å². The van der Waals surface area contributed by atoms with E-state index in [-0.39, 0.29) is 23.3 Å². The van der Waals surface area contributed by atoms with Crippen molar-refractivity contribution in [2.75, 3.05) is 0 Å². The Hall–Kier alpha value is -1.59. The van der Waals surface area contributed by atoms with Crippen LogP contribution in [0.1, 0.15) is 22.8 Å². The molecular formula is C11H8F4O2. The number of hydrogen-bond donors (Lipinski definition) is 0. The first-order chi connectivity index (χ1) is 7.78. The summed E-state index contributed by atoms with van der Waals surface area (Å²) in [4.78, 5) is 11.6. The molecule has 0 heterocycles. The van der Waals surface area contributed by atoms with Crippen molar-refractivity contribution in [3.05, 3.63) is 29.1 Å². The van der Waals surface area contributed by atoms with Crippen LogP contribution in [0.4, 0.5) is 17.6 Å². The second kappa shape index (κ2) is 3.72. The minimum atomic E-state index is -4.89. The molecule has 2 nitrogen and oxygen atoms in total. The first-order valence-corrected chi connectivity index (χ1v) is 4.90. The van der Waals surface area contributed by atoms with E-state index in [1.165, 1.54) is 0 Å². The fourth-order valence-electron chi connectivity index (χ4n) is 1.90. The van der Waals surface area contributed by atoms with Crippen LogP contribution in [0.25, 0.3) is 0 Å². The maximum absolute atomic E-state index is 13.5. The maximum Gasteiger partial charge on any atom is 0.573 e. The van der Waals surface area contributed by atoms with Gasteiger partial charge in [-0.25, -0.2) is 4.39 Å². The van der Waals surface area contributed by atoms with E-state index in [0.717, 1.165) is 6.07 Å². The van der Waals surface area contributed by atoms with Crippen molar-refractivity contribution >= 4 is 5.78 Å². The summed E-state index contributed by atoms with van der Waals surface area (Å²) < 4.78 is 53.0. The Morgan fingerprint density at radius 3 is 2.59 bits per heavy atom. The average Bonchev–Trinajstić information content (AvgIpc) is 2.43. The molecule has 17 heavy (non-hydrogen) atoms. The predicted octanol–water partition coefficient (Wildman–Crippen LogP) is 3.10. The number of ketones is 1. The van der Waals surface area contributed by atoms with E-state index in [2.05, 4.69) is 4.74 Å². The Kier molecular flexibility index (Phi) is 2.60. The van der Waals surface area contributed by atoms with E-state index in [1.807, 2.05) is 0 Å². The molecule has 1 aliphatic rings. The van der Waals surface area contributed by atoms with E-state index in [4.69, 9.17) is 0 Å². The normalized spacial score (nSPS) is 19.4. The second-order valence-corrected chi connectivity index (χ2v) is 3.95. The molecule has 0 saturated carbocycles. The highest BCUT2D eigenvalue weighted by atomic mass is 19.4. The van der Waals surface area contributed by atoms with Crippen LogP contribution in [-0.4, -0.2) is 12.1 Å². The number of benzene rings is 1. The molecular weight excluding hydrogens is 240 g/mol. The lowest BCUT2D eigenvalue weighted by Crippen LogP contribution is -2.17. The molecule has 0 bridgehead atoms. The Morgan fingerprint density at radius 1 is 1.35 bits per heavy atom. The van der Waals surface area contributed by atoms with Gasteiger partial charge in [0.05, 0.1) is 0 Å². The average molecular weight is 248 g/mol. The zero-order valence-corrected chi connectivity index (χ0v) is 8.77. The van der Waals surface area contributed by atoms with E-state index in [1.54, 1.807) is 6.92 Å². The highest BCUT2D eigenvalue weighted by molar-refractivity contribution is 6.02. The highest BCUT2D eigenvalue weighted by Crippen LogP contribution is 2.33. The molecule has 1 aliphatic carbocycles. The molecule has 6 heteroatoms. The van der Waals surface area contributed by atoms with Crippen LogP contribution in [0.15, 0.2) is 12.1 Å². The summed E-state index contributed by atoms with van der Waals surface area (Å²) in [6, 6.07) is 1.59. The predicted molar refractivity (Wildman–Crippen MR) is 50.3 cm³/mol. The van der Waals surface area contributed by atoms with E-state index < -0.39 is 23.8 Å². The van der Waals surface area contributed by atoms with Gasteiger partial charge in [-0.05, 0) is 18.1 Å². The molecule has 0 N–H and O–H groups in total. The number of fused-ring (bicyclic) bond motifs is 1. The monoisotopic (exact) mass is 248 g/mol. The summed E-state index contributed by atoms with van der Waals surface area (Å²) in [5.74, 6) is -2.29. The smallest absolute Gasteiger partial charge is 0.406 e. The van der Waals surface area contributed by atoms with Crippen molar-refractivity contribution in [3.63, 3.8) is 0 Å². The molecule has 0 fully saturated rings. The zero-order chi connectivity index (χ0) is 12.8. The van der Waals surface area contributed by atoms with E-state index in [0.29, 0.717) is 6.07 Å². The van der Waals surface area contributed by atoms with Gasteiger partial charge in [-0.3, -0.25) is 4.79 Å². The van der Waals surface area contributed by atoms with Crippen LogP contribution in [0.2, 0.25) is 0 Å². The van der Waals surface area contributed by atoms with Crippen LogP contribution in [0.5, 0.6) is 5.75 Å². The molecule has 2 rings (SSSR count). The zero-order valence-electron chi connectivity index (χ0n) is 8.77. The molecule has 92 valence electrons. The second-order valence-electron chi connectivity index (χ2n) is 3.95. The lowest BCUT2D eigenvalue weighted by Gasteiger charge is -2.10. The molecule has 0 aliphatic heterocycles. The number of carbonyl (C=O) groups excluding carboxylic acids is 1. The summed E-state index contributed by atoms with van der Waals surface area (Å²) in [5.41, 5.74) is 0.147. The molecule has 0 spiro atoms. The van der Waals surface area contributed by atoms with Gasteiger partial charge in [0.25, 0.3) is 0 Å². The summed E-state index contributed by atoms with van der Waals surface area (Å²) in [6.45, 7) is 1.60. The van der Waals surface area contributed by atoms with Crippen molar-refractivity contribution in [2.24, 2.45) is 5.92 Å². The highest BCUT2D eigenvalue weighted by Gasteiger charge is 2.34. The van der Waals surface area contributed by atoms with Crippen LogP contribution in [-0.2, 0) is 6.42 Å². The fourth-order valence-corrected chi connectivity index (χ4v) is 1.90. The number of hydrogen-bond acceptors (Lipinski definition) is 2. The topological polar surface area (TPSA) is 26.3 Å². The lowest BCUT2D eigenvalue weighted by atomic mass is 10.1. The maximum atomic E-state index is 13.5. The van der Waals surface area contributed by atoms with Crippen LogP contribution < -0.4 is 4.74 Å². The van der Waals surface area contributed by atoms with Crippen LogP contribution >= 0.6 is 0 Å². The third-order valence-corrected chi connectivity index (χ3v) is 2.63. The first-order valence-electron chi connectivity index (χ1n) is 4.90. The van der Waals surface area contributed by atoms with Gasteiger partial charge >= 0.3 is 6.36 Å². The lowest BCUT2D eigenvalue weighted by molar-refractivity contribution is -0.274. The molecule has 1 aromatic carbocycles. The van der Waals surface area contributed by atoms with Gasteiger partial charge < -0.3 is 4.74 Å². The van der Waals surface area contributed by atoms with Crippen LogP contribution in [0, 0.1) is 11.7 Å². The summed E-state index contributed by atoms with van der Waals surface area (Å²) >= 11 is 0. The van der Waals surface area contributed by atoms with Gasteiger partial charge in [0.15, 0.2) is 5.78 Å². The van der Waals surface area contributed by atoms with Gasteiger partial charge in [0, 0.05) is 17.5 Å². The Balaban J connectivity index is 2.42. The molecule has 1 unspecified atom stereocenters. The van der Waals surface area contributed by atoms with Crippen molar-refractivity contribution in [1.29, 1.82) is 0 Å². The summed E-state index contributed by atoms with van der Waals surface area (Å²) in [6.07, 6.45) is -4.68. The van der Waals surface area contributed by atoms with Crippen molar-refractivity contribution in [2.45, 2.75) is 19.7 Å². The quantitative estimate of drug-likeness (QED) is 0.714. The Bertz CT molecular complexity index is 479.